The summed E-state index contributed by atoms with van der Waals surface area (Å²) in [4.78, 5) is 19.7. The average molecular weight is 236 g/mol. The Kier molecular flexibility index (Phi) is 4.61. The second-order valence-electron chi connectivity index (χ2n) is 5.04. The minimum absolute atomic E-state index is 0.0290. The number of ether oxygens (including phenoxy) is 1. The van der Waals surface area contributed by atoms with Crippen molar-refractivity contribution >= 4 is 5.97 Å². The van der Waals surface area contributed by atoms with Gasteiger partial charge in [-0.3, -0.25) is 4.79 Å². The Balaban J connectivity index is 2.60. The summed E-state index contributed by atoms with van der Waals surface area (Å²) in [6.45, 7) is 8.71. The maximum Gasteiger partial charge on any atom is 0.313 e. The molecule has 0 aliphatic heterocycles. The van der Waals surface area contributed by atoms with Crippen LogP contribution in [0.5, 0.6) is 0 Å². The fraction of sp³-hybridized carbons (Fsp3) is 0.615. The largest absolute Gasteiger partial charge is 0.465 e. The van der Waals surface area contributed by atoms with E-state index in [1.54, 1.807) is 12.4 Å². The van der Waals surface area contributed by atoms with Crippen LogP contribution in [0.2, 0.25) is 0 Å². The molecule has 0 aliphatic rings. The summed E-state index contributed by atoms with van der Waals surface area (Å²) < 4.78 is 4.97. The van der Waals surface area contributed by atoms with Gasteiger partial charge in [-0.2, -0.15) is 0 Å². The van der Waals surface area contributed by atoms with Crippen molar-refractivity contribution in [3.63, 3.8) is 0 Å². The number of aromatic nitrogens is 2. The molecular weight excluding hydrogens is 216 g/mol. The van der Waals surface area contributed by atoms with Crippen molar-refractivity contribution < 1.29 is 9.53 Å². The van der Waals surface area contributed by atoms with Gasteiger partial charge in [0.25, 0.3) is 0 Å². The molecule has 94 valence electrons. The topological polar surface area (TPSA) is 52.1 Å². The highest BCUT2D eigenvalue weighted by atomic mass is 16.5. The van der Waals surface area contributed by atoms with Crippen molar-refractivity contribution in [3.05, 3.63) is 23.8 Å². The van der Waals surface area contributed by atoms with Gasteiger partial charge in [-0.15, -0.1) is 0 Å². The Bertz CT molecular complexity index is 366. The summed E-state index contributed by atoms with van der Waals surface area (Å²) in [5.74, 6) is 0.245. The Labute approximate surface area is 102 Å². The Morgan fingerprint density at radius 2 is 1.88 bits per heavy atom. The lowest BCUT2D eigenvalue weighted by Crippen LogP contribution is -2.15. The zero-order valence-corrected chi connectivity index (χ0v) is 11.0. The maximum absolute atomic E-state index is 11.4. The fourth-order valence-corrected chi connectivity index (χ4v) is 1.23. The van der Waals surface area contributed by atoms with Crippen LogP contribution in [-0.4, -0.2) is 22.5 Å². The predicted octanol–water partition coefficient (Wildman–Crippen LogP) is 2.27. The number of esters is 1. The third-order valence-corrected chi connectivity index (χ3v) is 2.34. The van der Waals surface area contributed by atoms with Crippen LogP contribution in [-0.2, 0) is 21.4 Å². The molecular formula is C13H20N2O2. The second kappa shape index (κ2) is 5.75. The Morgan fingerprint density at radius 1 is 1.29 bits per heavy atom. The zero-order valence-electron chi connectivity index (χ0n) is 11.0. The number of carbonyl (C=O) groups is 1. The van der Waals surface area contributed by atoms with Crippen LogP contribution in [0.15, 0.2) is 12.4 Å². The zero-order chi connectivity index (χ0) is 12.9. The highest BCUT2D eigenvalue weighted by Crippen LogP contribution is 2.19. The highest BCUT2D eigenvalue weighted by Gasteiger charge is 2.15. The molecule has 0 fully saturated rings. The van der Waals surface area contributed by atoms with E-state index in [2.05, 4.69) is 30.7 Å². The molecule has 1 aromatic heterocycles. The molecule has 0 unspecified atom stereocenters. The molecule has 1 aromatic rings. The molecule has 4 nitrogen and oxygen atoms in total. The van der Waals surface area contributed by atoms with Crippen LogP contribution in [0, 0.1) is 0 Å². The Morgan fingerprint density at radius 3 is 2.35 bits per heavy atom. The third-order valence-electron chi connectivity index (χ3n) is 2.34. The molecule has 1 rings (SSSR count). The van der Waals surface area contributed by atoms with Crippen molar-refractivity contribution in [2.75, 3.05) is 6.61 Å². The van der Waals surface area contributed by atoms with Crippen LogP contribution < -0.4 is 0 Å². The van der Waals surface area contributed by atoms with E-state index in [9.17, 15) is 4.79 Å². The number of hydrogen-bond acceptors (Lipinski definition) is 4. The van der Waals surface area contributed by atoms with Crippen molar-refractivity contribution in [3.8, 4) is 0 Å². The van der Waals surface area contributed by atoms with Gasteiger partial charge in [0.05, 0.1) is 6.61 Å². The van der Waals surface area contributed by atoms with E-state index >= 15 is 0 Å². The minimum atomic E-state index is -0.268. The number of hydrogen-bond donors (Lipinski definition) is 0. The molecule has 1 heterocycles. The lowest BCUT2D eigenvalue weighted by atomic mass is 9.89. The van der Waals surface area contributed by atoms with Crippen LogP contribution in [0.4, 0.5) is 0 Å². The summed E-state index contributed by atoms with van der Waals surface area (Å²) in [5, 5.41) is 0. The lowest BCUT2D eigenvalue weighted by Gasteiger charge is -2.17. The Hall–Kier alpha value is -1.45. The molecule has 0 saturated carbocycles. The van der Waals surface area contributed by atoms with Gasteiger partial charge in [0.1, 0.15) is 12.2 Å². The van der Waals surface area contributed by atoms with Crippen LogP contribution in [0.3, 0.4) is 0 Å². The molecule has 0 bridgehead atoms. The van der Waals surface area contributed by atoms with Gasteiger partial charge in [-0.05, 0) is 17.4 Å². The SMILES string of the molecule is CCCOC(=O)Cc1ncc(C(C)(C)C)cn1. The van der Waals surface area contributed by atoms with Gasteiger partial charge in [-0.1, -0.05) is 27.7 Å². The molecule has 0 aromatic carbocycles. The van der Waals surface area contributed by atoms with Gasteiger partial charge in [0, 0.05) is 12.4 Å². The molecule has 0 radical (unpaired) electrons. The molecule has 17 heavy (non-hydrogen) atoms. The van der Waals surface area contributed by atoms with E-state index in [1.165, 1.54) is 0 Å². The van der Waals surface area contributed by atoms with Gasteiger partial charge >= 0.3 is 5.97 Å². The summed E-state index contributed by atoms with van der Waals surface area (Å²) in [6.07, 6.45) is 4.52. The number of rotatable bonds is 4. The predicted molar refractivity (Wildman–Crippen MR) is 65.7 cm³/mol. The summed E-state index contributed by atoms with van der Waals surface area (Å²) in [5.41, 5.74) is 1.09. The third kappa shape index (κ3) is 4.51. The lowest BCUT2D eigenvalue weighted by molar-refractivity contribution is -0.142. The van der Waals surface area contributed by atoms with Crippen molar-refractivity contribution in [2.45, 2.75) is 46.0 Å². The first-order valence-electron chi connectivity index (χ1n) is 5.90. The monoisotopic (exact) mass is 236 g/mol. The highest BCUT2D eigenvalue weighted by molar-refractivity contribution is 5.71. The first-order chi connectivity index (χ1) is 7.93. The molecule has 0 spiro atoms. The van der Waals surface area contributed by atoms with E-state index in [0.29, 0.717) is 12.4 Å². The fourth-order valence-electron chi connectivity index (χ4n) is 1.23. The van der Waals surface area contributed by atoms with Crippen LogP contribution in [0.1, 0.15) is 45.5 Å². The normalized spacial score (nSPS) is 11.3. The number of nitrogens with zero attached hydrogens (tertiary/aromatic N) is 2. The molecule has 0 amide bonds. The van der Waals surface area contributed by atoms with Crippen LogP contribution >= 0.6 is 0 Å². The standard InChI is InChI=1S/C13H20N2O2/c1-5-6-17-12(16)7-11-14-8-10(9-15-11)13(2,3)4/h8-9H,5-7H2,1-4H3. The first-order valence-corrected chi connectivity index (χ1v) is 5.90. The molecule has 0 N–H and O–H groups in total. The maximum atomic E-state index is 11.4. The van der Waals surface area contributed by atoms with Crippen molar-refractivity contribution in [2.24, 2.45) is 0 Å². The van der Waals surface area contributed by atoms with E-state index < -0.39 is 0 Å². The summed E-state index contributed by atoms with van der Waals surface area (Å²) in [7, 11) is 0. The minimum Gasteiger partial charge on any atom is -0.465 e. The molecule has 0 aliphatic carbocycles. The summed E-state index contributed by atoms with van der Waals surface area (Å²) in [6, 6.07) is 0. The smallest absolute Gasteiger partial charge is 0.313 e. The van der Waals surface area contributed by atoms with E-state index in [0.717, 1.165) is 12.0 Å². The number of carbonyl (C=O) groups excluding carboxylic acids is 1. The molecule has 0 atom stereocenters. The van der Waals surface area contributed by atoms with Crippen molar-refractivity contribution in [1.29, 1.82) is 0 Å². The van der Waals surface area contributed by atoms with Gasteiger partial charge in [-0.25, -0.2) is 9.97 Å². The second-order valence-corrected chi connectivity index (χ2v) is 5.04. The average Bonchev–Trinajstić information content (AvgIpc) is 2.26. The van der Waals surface area contributed by atoms with E-state index in [1.807, 2.05) is 6.92 Å². The van der Waals surface area contributed by atoms with Gasteiger partial charge in [0.2, 0.25) is 0 Å². The van der Waals surface area contributed by atoms with Gasteiger partial charge in [0.15, 0.2) is 0 Å². The van der Waals surface area contributed by atoms with Gasteiger partial charge < -0.3 is 4.74 Å². The quantitative estimate of drug-likeness (QED) is 0.752. The molecule has 0 saturated heterocycles. The van der Waals surface area contributed by atoms with E-state index in [4.69, 9.17) is 4.74 Å². The molecule has 4 heteroatoms. The van der Waals surface area contributed by atoms with Crippen molar-refractivity contribution in [1.82, 2.24) is 9.97 Å². The van der Waals surface area contributed by atoms with E-state index in [-0.39, 0.29) is 17.8 Å². The first kappa shape index (κ1) is 13.6. The summed E-state index contributed by atoms with van der Waals surface area (Å²) >= 11 is 0. The van der Waals surface area contributed by atoms with Crippen LogP contribution in [0.25, 0.3) is 0 Å².